The predicted octanol–water partition coefficient (Wildman–Crippen LogP) is 2.98. The van der Waals surface area contributed by atoms with Gasteiger partial charge in [0.05, 0.1) is 0 Å². The van der Waals surface area contributed by atoms with Crippen molar-refractivity contribution in [2.24, 2.45) is 11.7 Å². The van der Waals surface area contributed by atoms with Gasteiger partial charge >= 0.3 is 0 Å². The molecule has 0 aromatic carbocycles. The molecule has 1 amide bonds. The summed E-state index contributed by atoms with van der Waals surface area (Å²) < 4.78 is 0. The lowest BCUT2D eigenvalue weighted by Crippen LogP contribution is -2.32. The highest BCUT2D eigenvalue weighted by Crippen LogP contribution is 2.27. The summed E-state index contributed by atoms with van der Waals surface area (Å²) in [5, 5.41) is 3.10. The third kappa shape index (κ3) is 7.00. The Bertz CT molecular complexity index is 225. The quantitative estimate of drug-likeness (QED) is 0.654. The van der Waals surface area contributed by atoms with Gasteiger partial charge in [0.25, 0.3) is 0 Å². The average molecular weight is 254 g/mol. The summed E-state index contributed by atoms with van der Waals surface area (Å²) >= 11 is 0. The monoisotopic (exact) mass is 254 g/mol. The average Bonchev–Trinajstić information content (AvgIpc) is 2.38. The first-order valence-electron chi connectivity index (χ1n) is 7.71. The van der Waals surface area contributed by atoms with Crippen molar-refractivity contribution in [3.05, 3.63) is 0 Å². The van der Waals surface area contributed by atoms with Crippen LogP contribution in [-0.2, 0) is 4.79 Å². The first-order chi connectivity index (χ1) is 8.72. The molecule has 3 heteroatoms. The molecule has 0 aromatic heterocycles. The summed E-state index contributed by atoms with van der Waals surface area (Å²) in [7, 11) is 0. The van der Waals surface area contributed by atoms with E-state index in [4.69, 9.17) is 5.73 Å². The lowest BCUT2D eigenvalue weighted by atomic mass is 9.86. The Hall–Kier alpha value is -0.570. The van der Waals surface area contributed by atoms with Crippen LogP contribution >= 0.6 is 0 Å². The van der Waals surface area contributed by atoms with Gasteiger partial charge in [0.1, 0.15) is 0 Å². The minimum Gasteiger partial charge on any atom is -0.354 e. The molecule has 1 fully saturated rings. The number of amides is 1. The molecule has 3 N–H and O–H groups in total. The van der Waals surface area contributed by atoms with Gasteiger partial charge in [-0.1, -0.05) is 38.5 Å². The van der Waals surface area contributed by atoms with Crippen LogP contribution in [0.4, 0.5) is 0 Å². The second-order valence-electron chi connectivity index (χ2n) is 5.80. The number of nitrogens with two attached hydrogens (primary N) is 1. The number of nitrogens with one attached hydrogen (secondary N) is 1. The summed E-state index contributed by atoms with van der Waals surface area (Å²) in [6, 6.07) is 0.301. The number of rotatable bonds is 8. The normalized spacial score (nSPS) is 18.6. The smallest absolute Gasteiger partial charge is 0.220 e. The molecule has 0 aliphatic heterocycles. The minimum atomic E-state index is 0.237. The SMILES string of the molecule is CC(CCCCN)NC(=O)CCC1CCCCC1. The van der Waals surface area contributed by atoms with E-state index >= 15 is 0 Å². The largest absolute Gasteiger partial charge is 0.354 e. The van der Waals surface area contributed by atoms with E-state index in [2.05, 4.69) is 12.2 Å². The summed E-state index contributed by atoms with van der Waals surface area (Å²) in [5.41, 5.74) is 5.46. The zero-order valence-electron chi connectivity index (χ0n) is 11.9. The van der Waals surface area contributed by atoms with Gasteiger partial charge < -0.3 is 11.1 Å². The third-order valence-electron chi connectivity index (χ3n) is 4.00. The number of hydrogen-bond donors (Lipinski definition) is 2. The molecule has 0 radical (unpaired) electrons. The number of carbonyl (C=O) groups is 1. The molecule has 3 nitrogen and oxygen atoms in total. The fraction of sp³-hybridized carbons (Fsp3) is 0.933. The van der Waals surface area contributed by atoms with E-state index in [0.29, 0.717) is 12.5 Å². The first kappa shape index (κ1) is 15.5. The van der Waals surface area contributed by atoms with Crippen LogP contribution in [0.25, 0.3) is 0 Å². The Balaban J connectivity index is 2.05. The topological polar surface area (TPSA) is 55.1 Å². The van der Waals surface area contributed by atoms with Crippen LogP contribution < -0.4 is 11.1 Å². The second-order valence-corrected chi connectivity index (χ2v) is 5.80. The third-order valence-corrected chi connectivity index (χ3v) is 4.00. The van der Waals surface area contributed by atoms with E-state index in [1.54, 1.807) is 0 Å². The second kappa shape index (κ2) is 9.37. The van der Waals surface area contributed by atoms with Crippen molar-refractivity contribution < 1.29 is 4.79 Å². The van der Waals surface area contributed by atoms with Crippen molar-refractivity contribution in [1.82, 2.24) is 5.32 Å². The van der Waals surface area contributed by atoms with Crippen LogP contribution in [0.5, 0.6) is 0 Å². The molecule has 1 saturated carbocycles. The molecular formula is C15H30N2O. The highest BCUT2D eigenvalue weighted by atomic mass is 16.1. The van der Waals surface area contributed by atoms with Crippen molar-refractivity contribution in [2.75, 3.05) is 6.54 Å². The molecule has 0 spiro atoms. The Morgan fingerprint density at radius 3 is 2.67 bits per heavy atom. The van der Waals surface area contributed by atoms with Crippen LogP contribution in [-0.4, -0.2) is 18.5 Å². The lowest BCUT2D eigenvalue weighted by molar-refractivity contribution is -0.122. The molecule has 0 aromatic rings. The summed E-state index contributed by atoms with van der Waals surface area (Å²) in [5.74, 6) is 1.04. The van der Waals surface area contributed by atoms with E-state index < -0.39 is 0 Å². The Morgan fingerprint density at radius 1 is 1.28 bits per heavy atom. The van der Waals surface area contributed by atoms with Gasteiger partial charge in [-0.3, -0.25) is 4.79 Å². The molecule has 106 valence electrons. The van der Waals surface area contributed by atoms with Gasteiger partial charge in [0, 0.05) is 12.5 Å². The first-order valence-corrected chi connectivity index (χ1v) is 7.71. The van der Waals surface area contributed by atoms with E-state index in [1.807, 2.05) is 0 Å². The molecule has 0 saturated heterocycles. The Labute approximate surface area is 112 Å². The van der Waals surface area contributed by atoms with E-state index in [1.165, 1.54) is 32.1 Å². The Kier molecular flexibility index (Phi) is 8.06. The van der Waals surface area contributed by atoms with Crippen LogP contribution in [0.2, 0.25) is 0 Å². The summed E-state index contributed by atoms with van der Waals surface area (Å²) in [6.07, 6.45) is 11.8. The van der Waals surface area contributed by atoms with E-state index in [0.717, 1.165) is 38.1 Å². The predicted molar refractivity (Wildman–Crippen MR) is 76.3 cm³/mol. The van der Waals surface area contributed by atoms with Crippen LogP contribution in [0, 0.1) is 5.92 Å². The van der Waals surface area contributed by atoms with Crippen LogP contribution in [0.15, 0.2) is 0 Å². The van der Waals surface area contributed by atoms with Crippen LogP contribution in [0.3, 0.4) is 0 Å². The highest BCUT2D eigenvalue weighted by molar-refractivity contribution is 5.76. The van der Waals surface area contributed by atoms with Gasteiger partial charge in [-0.25, -0.2) is 0 Å². The lowest BCUT2D eigenvalue weighted by Gasteiger charge is -2.21. The number of carbonyl (C=O) groups excluding carboxylic acids is 1. The molecule has 0 bridgehead atoms. The molecular weight excluding hydrogens is 224 g/mol. The van der Waals surface area contributed by atoms with Crippen LogP contribution in [0.1, 0.15) is 71.1 Å². The molecule has 1 aliphatic rings. The van der Waals surface area contributed by atoms with Crippen molar-refractivity contribution >= 4 is 5.91 Å². The summed E-state index contributed by atoms with van der Waals surface area (Å²) in [6.45, 7) is 2.84. The van der Waals surface area contributed by atoms with E-state index in [9.17, 15) is 4.79 Å². The minimum absolute atomic E-state index is 0.237. The van der Waals surface area contributed by atoms with Gasteiger partial charge in [-0.15, -0.1) is 0 Å². The fourth-order valence-electron chi connectivity index (χ4n) is 2.83. The molecule has 1 aliphatic carbocycles. The van der Waals surface area contributed by atoms with Gasteiger partial charge in [-0.2, -0.15) is 0 Å². The van der Waals surface area contributed by atoms with Gasteiger partial charge in [0.15, 0.2) is 0 Å². The maximum Gasteiger partial charge on any atom is 0.220 e. The number of unbranched alkanes of at least 4 members (excludes halogenated alkanes) is 1. The van der Waals surface area contributed by atoms with Crippen molar-refractivity contribution in [3.63, 3.8) is 0 Å². The van der Waals surface area contributed by atoms with E-state index in [-0.39, 0.29) is 5.91 Å². The van der Waals surface area contributed by atoms with Crippen molar-refractivity contribution in [1.29, 1.82) is 0 Å². The zero-order valence-corrected chi connectivity index (χ0v) is 11.9. The van der Waals surface area contributed by atoms with Gasteiger partial charge in [-0.05, 0) is 38.6 Å². The Morgan fingerprint density at radius 2 is 2.00 bits per heavy atom. The maximum absolute atomic E-state index is 11.8. The zero-order chi connectivity index (χ0) is 13.2. The standard InChI is InChI=1S/C15H30N2O/c1-13(7-5-6-12-16)17-15(18)11-10-14-8-3-2-4-9-14/h13-14H,2-12,16H2,1H3,(H,17,18). The molecule has 1 rings (SSSR count). The molecule has 1 atom stereocenters. The van der Waals surface area contributed by atoms with Crippen molar-refractivity contribution in [2.45, 2.75) is 77.2 Å². The highest BCUT2D eigenvalue weighted by Gasteiger charge is 2.15. The fourth-order valence-corrected chi connectivity index (χ4v) is 2.83. The number of hydrogen-bond acceptors (Lipinski definition) is 2. The summed E-state index contributed by atoms with van der Waals surface area (Å²) in [4.78, 5) is 11.8. The molecule has 0 heterocycles. The molecule has 1 unspecified atom stereocenters. The maximum atomic E-state index is 11.8. The van der Waals surface area contributed by atoms with Gasteiger partial charge in [0.2, 0.25) is 5.91 Å². The van der Waals surface area contributed by atoms with Crippen molar-refractivity contribution in [3.8, 4) is 0 Å². The molecule has 18 heavy (non-hydrogen) atoms.